The van der Waals surface area contributed by atoms with Crippen molar-refractivity contribution in [1.29, 1.82) is 0 Å². The van der Waals surface area contributed by atoms with Crippen LogP contribution in [0.1, 0.15) is 19.4 Å². The van der Waals surface area contributed by atoms with Gasteiger partial charge in [-0.3, -0.25) is 9.69 Å². The molecule has 1 saturated heterocycles. The second kappa shape index (κ2) is 6.73. The molecule has 2 aromatic carbocycles. The Kier molecular flexibility index (Phi) is 4.64. The van der Waals surface area contributed by atoms with Gasteiger partial charge in [-0.15, -0.1) is 0 Å². The highest BCUT2D eigenvalue weighted by Crippen LogP contribution is 2.42. The van der Waals surface area contributed by atoms with Gasteiger partial charge in [0.1, 0.15) is 5.75 Å². The number of nitrogens with zero attached hydrogens (tertiary/aromatic N) is 1. The van der Waals surface area contributed by atoms with Crippen molar-refractivity contribution in [2.75, 3.05) is 19.1 Å². The molecule has 2 aromatic rings. The molecular formula is C21H23NO3. The van der Waals surface area contributed by atoms with Crippen molar-refractivity contribution in [2.24, 2.45) is 0 Å². The first kappa shape index (κ1) is 17.2. The molecule has 0 radical (unpaired) electrons. The molecule has 0 bridgehead atoms. The van der Waals surface area contributed by atoms with Crippen LogP contribution in [-0.4, -0.2) is 31.8 Å². The van der Waals surface area contributed by atoms with Crippen LogP contribution in [0.25, 0.3) is 6.08 Å². The van der Waals surface area contributed by atoms with Crippen LogP contribution in [0.5, 0.6) is 5.75 Å². The number of rotatable bonds is 5. The number of hydrogen-bond acceptors (Lipinski definition) is 3. The summed E-state index contributed by atoms with van der Waals surface area (Å²) in [6, 6.07) is 17.4. The normalized spacial score (nSPS) is 23.4. The molecule has 1 aliphatic heterocycles. The summed E-state index contributed by atoms with van der Waals surface area (Å²) in [6.45, 7) is 3.89. The summed E-state index contributed by atoms with van der Waals surface area (Å²) in [4.78, 5) is 14.6. The Morgan fingerprint density at radius 2 is 1.72 bits per heavy atom. The second-order valence-corrected chi connectivity index (χ2v) is 6.39. The minimum atomic E-state index is -0.852. The minimum Gasteiger partial charge on any atom is -0.497 e. The highest BCUT2D eigenvalue weighted by atomic mass is 16.5. The Labute approximate surface area is 148 Å². The molecule has 0 aromatic heterocycles. The Morgan fingerprint density at radius 1 is 1.08 bits per heavy atom. The Morgan fingerprint density at radius 3 is 2.28 bits per heavy atom. The molecule has 1 fully saturated rings. The molecule has 1 unspecified atom stereocenters. The molecule has 4 nitrogen and oxygen atoms in total. The number of ether oxygens (including phenoxy) is 2. The molecule has 3 rings (SSSR count). The monoisotopic (exact) mass is 337 g/mol. The third kappa shape index (κ3) is 2.94. The first-order valence-electron chi connectivity index (χ1n) is 8.27. The molecule has 1 heterocycles. The van der Waals surface area contributed by atoms with Crippen LogP contribution in [0.3, 0.4) is 0 Å². The summed E-state index contributed by atoms with van der Waals surface area (Å²) in [5.74, 6) is 0.727. The molecule has 0 saturated carbocycles. The third-order valence-corrected chi connectivity index (χ3v) is 4.82. The highest BCUT2D eigenvalue weighted by molar-refractivity contribution is 6.09. The topological polar surface area (TPSA) is 38.8 Å². The summed E-state index contributed by atoms with van der Waals surface area (Å²) in [7, 11) is 3.22. The molecule has 1 aliphatic rings. The third-order valence-electron chi connectivity index (χ3n) is 4.82. The zero-order valence-electron chi connectivity index (χ0n) is 15.0. The average molecular weight is 337 g/mol. The standard InChI is InChI=1S/C21H23NO3/c1-15(14-16-8-6-5-7-9-16)19-21(2,25-4)20(23)22(19)17-10-12-18(24-3)13-11-17/h5-14,19H,1-4H3/b15-14+/t19?,21-/m0/s1. The minimum absolute atomic E-state index is 0.0361. The second-order valence-electron chi connectivity index (χ2n) is 6.39. The lowest BCUT2D eigenvalue weighted by molar-refractivity contribution is -0.153. The number of methoxy groups -OCH3 is 2. The highest BCUT2D eigenvalue weighted by Gasteiger charge is 2.59. The largest absolute Gasteiger partial charge is 0.497 e. The summed E-state index contributed by atoms with van der Waals surface area (Å²) in [6.07, 6.45) is 2.10. The number of benzene rings is 2. The Bertz CT molecular complexity index is 783. The van der Waals surface area contributed by atoms with Crippen molar-refractivity contribution in [3.05, 3.63) is 65.7 Å². The maximum absolute atomic E-state index is 12.8. The van der Waals surface area contributed by atoms with Crippen LogP contribution in [0.2, 0.25) is 0 Å². The van der Waals surface area contributed by atoms with Crippen molar-refractivity contribution in [1.82, 2.24) is 0 Å². The van der Waals surface area contributed by atoms with E-state index < -0.39 is 5.60 Å². The van der Waals surface area contributed by atoms with Crippen molar-refractivity contribution < 1.29 is 14.3 Å². The van der Waals surface area contributed by atoms with E-state index in [1.165, 1.54) is 0 Å². The number of carbonyl (C=O) groups excluding carboxylic acids is 1. The predicted octanol–water partition coefficient (Wildman–Crippen LogP) is 3.92. The molecule has 4 heteroatoms. The van der Waals surface area contributed by atoms with E-state index in [0.717, 1.165) is 22.6 Å². The van der Waals surface area contributed by atoms with Gasteiger partial charge in [0.05, 0.1) is 13.2 Å². The van der Waals surface area contributed by atoms with Gasteiger partial charge in [0.15, 0.2) is 5.60 Å². The van der Waals surface area contributed by atoms with Gasteiger partial charge in [0.2, 0.25) is 0 Å². The van der Waals surface area contributed by atoms with Gasteiger partial charge in [-0.1, -0.05) is 36.4 Å². The zero-order valence-corrected chi connectivity index (χ0v) is 15.0. The van der Waals surface area contributed by atoms with Crippen molar-refractivity contribution >= 4 is 17.7 Å². The van der Waals surface area contributed by atoms with E-state index in [0.29, 0.717) is 0 Å². The number of hydrogen-bond donors (Lipinski definition) is 0. The molecular weight excluding hydrogens is 314 g/mol. The van der Waals surface area contributed by atoms with Crippen LogP contribution in [-0.2, 0) is 9.53 Å². The Balaban J connectivity index is 1.97. The Hall–Kier alpha value is -2.59. The van der Waals surface area contributed by atoms with Crippen LogP contribution in [0, 0.1) is 0 Å². The van der Waals surface area contributed by atoms with Gasteiger partial charge in [0.25, 0.3) is 5.91 Å². The number of amides is 1. The molecule has 2 atom stereocenters. The van der Waals surface area contributed by atoms with E-state index in [1.54, 1.807) is 19.1 Å². The van der Waals surface area contributed by atoms with E-state index in [-0.39, 0.29) is 11.9 Å². The molecule has 1 amide bonds. The first-order valence-corrected chi connectivity index (χ1v) is 8.27. The van der Waals surface area contributed by atoms with Crippen molar-refractivity contribution in [3.63, 3.8) is 0 Å². The SMILES string of the molecule is COc1ccc(N2C(=O)[C@@](C)(OC)C2/C(C)=C/c2ccccc2)cc1. The van der Waals surface area contributed by atoms with Gasteiger partial charge >= 0.3 is 0 Å². The van der Waals surface area contributed by atoms with E-state index in [1.807, 2.05) is 68.4 Å². The predicted molar refractivity (Wildman–Crippen MR) is 99.8 cm³/mol. The first-order chi connectivity index (χ1) is 12.0. The zero-order chi connectivity index (χ0) is 18.0. The lowest BCUT2D eigenvalue weighted by Gasteiger charge is -2.53. The van der Waals surface area contributed by atoms with E-state index >= 15 is 0 Å². The van der Waals surface area contributed by atoms with Gasteiger partial charge in [-0.05, 0) is 49.2 Å². The van der Waals surface area contributed by atoms with Gasteiger partial charge in [0, 0.05) is 12.8 Å². The number of carbonyl (C=O) groups is 1. The molecule has 130 valence electrons. The lowest BCUT2D eigenvalue weighted by Crippen LogP contribution is -2.74. The number of anilines is 1. The quantitative estimate of drug-likeness (QED) is 0.776. The van der Waals surface area contributed by atoms with Crippen molar-refractivity contribution in [3.8, 4) is 5.75 Å². The van der Waals surface area contributed by atoms with Gasteiger partial charge in [-0.2, -0.15) is 0 Å². The molecule has 0 aliphatic carbocycles. The van der Waals surface area contributed by atoms with Crippen LogP contribution < -0.4 is 9.64 Å². The van der Waals surface area contributed by atoms with Crippen LogP contribution in [0.4, 0.5) is 5.69 Å². The molecule has 0 N–H and O–H groups in total. The van der Waals surface area contributed by atoms with Crippen LogP contribution >= 0.6 is 0 Å². The fraction of sp³-hybridized carbons (Fsp3) is 0.286. The average Bonchev–Trinajstić information content (AvgIpc) is 2.65. The maximum atomic E-state index is 12.8. The summed E-state index contributed by atoms with van der Waals surface area (Å²) in [5.41, 5.74) is 2.17. The fourth-order valence-corrected chi connectivity index (χ4v) is 3.39. The van der Waals surface area contributed by atoms with Crippen molar-refractivity contribution in [2.45, 2.75) is 25.5 Å². The number of β-lactam (4-membered cyclic amide) rings is 1. The molecule has 0 spiro atoms. The van der Waals surface area contributed by atoms with E-state index in [9.17, 15) is 4.79 Å². The van der Waals surface area contributed by atoms with Gasteiger partial charge in [-0.25, -0.2) is 0 Å². The molecule has 25 heavy (non-hydrogen) atoms. The summed E-state index contributed by atoms with van der Waals surface area (Å²) < 4.78 is 10.8. The summed E-state index contributed by atoms with van der Waals surface area (Å²) >= 11 is 0. The van der Waals surface area contributed by atoms with Crippen LogP contribution in [0.15, 0.2) is 60.2 Å². The van der Waals surface area contributed by atoms with E-state index in [2.05, 4.69) is 6.08 Å². The smallest absolute Gasteiger partial charge is 0.262 e. The van der Waals surface area contributed by atoms with Gasteiger partial charge < -0.3 is 9.47 Å². The maximum Gasteiger partial charge on any atom is 0.262 e. The summed E-state index contributed by atoms with van der Waals surface area (Å²) in [5, 5.41) is 0. The van der Waals surface area contributed by atoms with E-state index in [4.69, 9.17) is 9.47 Å². The lowest BCUT2D eigenvalue weighted by atomic mass is 9.78. The fourth-order valence-electron chi connectivity index (χ4n) is 3.39.